The molecule has 22 heavy (non-hydrogen) atoms. The van der Waals surface area contributed by atoms with Gasteiger partial charge >= 0.3 is 0 Å². The largest absolute Gasteiger partial charge is 0.319 e. The number of amides is 1. The summed E-state index contributed by atoms with van der Waals surface area (Å²) < 4.78 is 36.5. The molecule has 1 amide bonds. The zero-order chi connectivity index (χ0) is 16.5. The van der Waals surface area contributed by atoms with Gasteiger partial charge in [0.25, 0.3) is 5.91 Å². The number of hydrogen-bond donors (Lipinski definition) is 2. The Hall–Kier alpha value is -1.67. The minimum absolute atomic E-state index is 0.0483. The molecule has 0 aromatic heterocycles. The molecule has 0 radical (unpaired) electrons. The molecule has 0 atom stereocenters. The lowest BCUT2D eigenvalue weighted by Gasteiger charge is -2.09. The number of carbonyl (C=O) groups excluding carboxylic acids is 1. The van der Waals surface area contributed by atoms with Crippen molar-refractivity contribution in [2.45, 2.75) is 4.90 Å². The van der Waals surface area contributed by atoms with Crippen molar-refractivity contribution < 1.29 is 17.6 Å². The molecule has 2 aromatic carbocycles. The molecule has 9 heteroatoms. The van der Waals surface area contributed by atoms with Gasteiger partial charge in [0.2, 0.25) is 10.0 Å². The third kappa shape index (κ3) is 3.56. The van der Waals surface area contributed by atoms with E-state index >= 15 is 0 Å². The zero-order valence-electron chi connectivity index (χ0n) is 10.8. The summed E-state index contributed by atoms with van der Waals surface area (Å²) in [6.07, 6.45) is 0. The normalized spacial score (nSPS) is 11.3. The van der Waals surface area contributed by atoms with Crippen molar-refractivity contribution in [3.63, 3.8) is 0 Å². The second-order valence-corrected chi connectivity index (χ2v) is 6.59. The summed E-state index contributed by atoms with van der Waals surface area (Å²) in [5, 5.41) is 7.02. The number of hydrogen-bond acceptors (Lipinski definition) is 3. The average molecular weight is 363 g/mol. The number of anilines is 1. The van der Waals surface area contributed by atoms with Crippen molar-refractivity contribution in [2.24, 2.45) is 5.14 Å². The van der Waals surface area contributed by atoms with Crippen LogP contribution < -0.4 is 10.5 Å². The van der Waals surface area contributed by atoms with Crippen LogP contribution in [-0.2, 0) is 10.0 Å². The molecule has 0 spiro atoms. The van der Waals surface area contributed by atoms with Crippen LogP contribution in [0.2, 0.25) is 10.0 Å². The zero-order valence-corrected chi connectivity index (χ0v) is 13.1. The van der Waals surface area contributed by atoms with Crippen molar-refractivity contribution in [1.82, 2.24) is 0 Å². The fourth-order valence-electron chi connectivity index (χ4n) is 1.66. The second kappa shape index (κ2) is 6.21. The fourth-order valence-corrected chi connectivity index (χ4v) is 2.90. The number of nitrogens with two attached hydrogens (primary N) is 1. The van der Waals surface area contributed by atoms with E-state index in [1.165, 1.54) is 30.3 Å². The van der Waals surface area contributed by atoms with Crippen molar-refractivity contribution in [3.8, 4) is 0 Å². The quantitative estimate of drug-likeness (QED) is 0.879. The topological polar surface area (TPSA) is 89.3 Å². The molecule has 0 fully saturated rings. The van der Waals surface area contributed by atoms with Gasteiger partial charge < -0.3 is 5.32 Å². The van der Waals surface area contributed by atoms with E-state index in [1.54, 1.807) is 0 Å². The molecular formula is C13H9Cl2FN2O3S. The summed E-state index contributed by atoms with van der Waals surface area (Å²) in [7, 11) is -4.08. The molecule has 0 heterocycles. The average Bonchev–Trinajstić information content (AvgIpc) is 2.43. The number of rotatable bonds is 3. The molecule has 116 valence electrons. The predicted octanol–water partition coefficient (Wildman–Crippen LogP) is 3.03. The van der Waals surface area contributed by atoms with Gasteiger partial charge in [-0.3, -0.25) is 4.79 Å². The maximum atomic E-state index is 13.7. The highest BCUT2D eigenvalue weighted by Crippen LogP contribution is 2.24. The van der Waals surface area contributed by atoms with E-state index in [4.69, 9.17) is 28.3 Å². The van der Waals surface area contributed by atoms with Gasteiger partial charge in [0.15, 0.2) is 5.82 Å². The summed E-state index contributed by atoms with van der Waals surface area (Å²) in [6.45, 7) is 0. The highest BCUT2D eigenvalue weighted by Gasteiger charge is 2.17. The standard InChI is InChI=1S/C13H9Cl2FN2O3S/c14-8-5-4-7(6-11(8)22(17,20)21)13(19)18-10-3-1-2-9(15)12(10)16/h1-6H,(H,18,19)(H2,17,20,21). The minimum atomic E-state index is -4.08. The van der Waals surface area contributed by atoms with Crippen LogP contribution in [0.4, 0.5) is 10.1 Å². The number of halogens is 3. The molecular weight excluding hydrogens is 354 g/mol. The van der Waals surface area contributed by atoms with E-state index in [0.29, 0.717) is 0 Å². The summed E-state index contributed by atoms with van der Waals surface area (Å²) in [4.78, 5) is 11.7. The number of sulfonamides is 1. The fraction of sp³-hybridized carbons (Fsp3) is 0. The van der Waals surface area contributed by atoms with Gasteiger partial charge in [-0.15, -0.1) is 0 Å². The van der Waals surface area contributed by atoms with Crippen LogP contribution in [-0.4, -0.2) is 14.3 Å². The lowest BCUT2D eigenvalue weighted by atomic mass is 10.2. The number of primary sulfonamides is 1. The van der Waals surface area contributed by atoms with Crippen molar-refractivity contribution in [3.05, 3.63) is 57.8 Å². The van der Waals surface area contributed by atoms with Crippen LogP contribution in [0.15, 0.2) is 41.3 Å². The third-order valence-corrected chi connectivity index (χ3v) is 4.38. The lowest BCUT2D eigenvalue weighted by Crippen LogP contribution is -2.16. The highest BCUT2D eigenvalue weighted by molar-refractivity contribution is 7.89. The molecule has 2 aromatic rings. The van der Waals surface area contributed by atoms with Gasteiger partial charge in [-0.25, -0.2) is 17.9 Å². The van der Waals surface area contributed by atoms with Crippen LogP contribution in [0.5, 0.6) is 0 Å². The van der Waals surface area contributed by atoms with E-state index in [1.807, 2.05) is 0 Å². The number of nitrogens with one attached hydrogen (secondary N) is 1. The Morgan fingerprint density at radius 1 is 1.14 bits per heavy atom. The Morgan fingerprint density at radius 2 is 1.82 bits per heavy atom. The third-order valence-electron chi connectivity index (χ3n) is 2.70. The summed E-state index contributed by atoms with van der Waals surface area (Å²) in [5.41, 5.74) is -0.183. The van der Waals surface area contributed by atoms with Crippen molar-refractivity contribution >= 4 is 44.8 Å². The molecule has 0 aliphatic heterocycles. The van der Waals surface area contributed by atoms with Crippen LogP contribution in [0.1, 0.15) is 10.4 Å². The number of benzene rings is 2. The monoisotopic (exact) mass is 362 g/mol. The SMILES string of the molecule is NS(=O)(=O)c1cc(C(=O)Nc2cccc(Cl)c2F)ccc1Cl. The Labute approximate surface area is 135 Å². The Morgan fingerprint density at radius 3 is 2.45 bits per heavy atom. The first kappa shape index (κ1) is 16.7. The predicted molar refractivity (Wildman–Crippen MR) is 82.2 cm³/mol. The maximum absolute atomic E-state index is 13.7. The molecule has 0 aliphatic rings. The maximum Gasteiger partial charge on any atom is 0.255 e. The van der Waals surface area contributed by atoms with Gasteiger partial charge in [0.05, 0.1) is 15.7 Å². The molecule has 0 saturated carbocycles. The Bertz CT molecular complexity index is 856. The number of carbonyl (C=O) groups is 1. The van der Waals surface area contributed by atoms with E-state index in [-0.39, 0.29) is 21.3 Å². The van der Waals surface area contributed by atoms with Crippen LogP contribution in [0.25, 0.3) is 0 Å². The Kier molecular flexibility index (Phi) is 4.72. The molecule has 5 nitrogen and oxygen atoms in total. The smallest absolute Gasteiger partial charge is 0.255 e. The van der Waals surface area contributed by atoms with Crippen LogP contribution in [0, 0.1) is 5.82 Å². The lowest BCUT2D eigenvalue weighted by molar-refractivity contribution is 0.102. The molecule has 3 N–H and O–H groups in total. The first-order chi connectivity index (χ1) is 10.2. The highest BCUT2D eigenvalue weighted by atomic mass is 35.5. The van der Waals surface area contributed by atoms with Gasteiger partial charge in [-0.05, 0) is 30.3 Å². The van der Waals surface area contributed by atoms with E-state index < -0.39 is 26.6 Å². The summed E-state index contributed by atoms with van der Waals surface area (Å²) >= 11 is 11.3. The summed E-state index contributed by atoms with van der Waals surface area (Å²) in [5.74, 6) is -1.53. The Balaban J connectivity index is 2.37. The van der Waals surface area contributed by atoms with Crippen LogP contribution in [0.3, 0.4) is 0 Å². The summed E-state index contributed by atoms with van der Waals surface area (Å²) in [6, 6.07) is 7.61. The molecule has 0 unspecified atom stereocenters. The van der Waals surface area contributed by atoms with Gasteiger partial charge in [0, 0.05) is 5.56 Å². The van der Waals surface area contributed by atoms with E-state index in [0.717, 1.165) is 6.07 Å². The van der Waals surface area contributed by atoms with Gasteiger partial charge in [-0.2, -0.15) is 0 Å². The first-order valence-corrected chi connectivity index (χ1v) is 8.08. The van der Waals surface area contributed by atoms with E-state index in [9.17, 15) is 17.6 Å². The second-order valence-electron chi connectivity index (χ2n) is 4.25. The first-order valence-electron chi connectivity index (χ1n) is 5.78. The molecule has 0 aliphatic carbocycles. The van der Waals surface area contributed by atoms with Crippen molar-refractivity contribution in [1.29, 1.82) is 0 Å². The van der Waals surface area contributed by atoms with Gasteiger partial charge in [0.1, 0.15) is 4.90 Å². The molecule has 0 bridgehead atoms. The minimum Gasteiger partial charge on any atom is -0.319 e. The van der Waals surface area contributed by atoms with E-state index in [2.05, 4.69) is 5.32 Å². The van der Waals surface area contributed by atoms with Crippen molar-refractivity contribution in [2.75, 3.05) is 5.32 Å². The van der Waals surface area contributed by atoms with Gasteiger partial charge in [-0.1, -0.05) is 29.3 Å². The molecule has 0 saturated heterocycles. The molecule has 2 rings (SSSR count). The van der Waals surface area contributed by atoms with Crippen LogP contribution >= 0.6 is 23.2 Å².